The fourth-order valence-electron chi connectivity index (χ4n) is 2.69. The molecule has 0 bridgehead atoms. The highest BCUT2D eigenvalue weighted by molar-refractivity contribution is 5.91. The zero-order valence-corrected chi connectivity index (χ0v) is 15.6. The predicted molar refractivity (Wildman–Crippen MR) is 105 cm³/mol. The van der Waals surface area contributed by atoms with Crippen LogP contribution in [0.1, 0.15) is 28.6 Å². The quantitative estimate of drug-likeness (QED) is 0.580. The molecular formula is C22H21FN2O4. The zero-order chi connectivity index (χ0) is 20.5. The van der Waals surface area contributed by atoms with Crippen molar-refractivity contribution in [2.45, 2.75) is 12.5 Å². The number of hydrogen-bond donors (Lipinski definition) is 2. The Labute approximate surface area is 167 Å². The Kier molecular flexibility index (Phi) is 7.00. The topological polar surface area (TPSA) is 80.6 Å². The summed E-state index contributed by atoms with van der Waals surface area (Å²) < 4.78 is 24.4. The van der Waals surface area contributed by atoms with Crippen molar-refractivity contribution in [2.75, 3.05) is 13.2 Å². The van der Waals surface area contributed by atoms with Gasteiger partial charge in [-0.15, -0.1) is 0 Å². The predicted octanol–water partition coefficient (Wildman–Crippen LogP) is 3.48. The first-order valence-electron chi connectivity index (χ1n) is 9.17. The summed E-state index contributed by atoms with van der Waals surface area (Å²) in [6.45, 7) is 0.219. The molecule has 29 heavy (non-hydrogen) atoms. The van der Waals surface area contributed by atoms with Crippen LogP contribution in [-0.4, -0.2) is 25.0 Å². The molecule has 0 fully saturated rings. The first kappa shape index (κ1) is 20.1. The van der Waals surface area contributed by atoms with Crippen LogP contribution in [0.2, 0.25) is 0 Å². The Bertz CT molecular complexity index is 929. The number of furan rings is 1. The molecule has 3 rings (SSSR count). The molecular weight excluding hydrogens is 375 g/mol. The van der Waals surface area contributed by atoms with Gasteiger partial charge in [-0.25, -0.2) is 4.39 Å². The van der Waals surface area contributed by atoms with Crippen molar-refractivity contribution in [1.29, 1.82) is 0 Å². The van der Waals surface area contributed by atoms with Crippen LogP contribution in [-0.2, 0) is 4.79 Å². The average molecular weight is 396 g/mol. The van der Waals surface area contributed by atoms with Gasteiger partial charge in [-0.1, -0.05) is 42.5 Å². The number of carbonyl (C=O) groups is 2. The van der Waals surface area contributed by atoms with Crippen molar-refractivity contribution in [3.8, 4) is 5.75 Å². The molecule has 0 aliphatic rings. The Balaban J connectivity index is 1.55. The van der Waals surface area contributed by atoms with Gasteiger partial charge >= 0.3 is 0 Å². The molecule has 0 saturated carbocycles. The van der Waals surface area contributed by atoms with Gasteiger partial charge in [-0.3, -0.25) is 9.59 Å². The van der Waals surface area contributed by atoms with Crippen LogP contribution in [0.15, 0.2) is 77.4 Å². The molecule has 2 aromatic carbocycles. The first-order valence-corrected chi connectivity index (χ1v) is 9.17. The lowest BCUT2D eigenvalue weighted by Crippen LogP contribution is -2.35. The van der Waals surface area contributed by atoms with E-state index in [9.17, 15) is 14.0 Å². The summed E-state index contributed by atoms with van der Waals surface area (Å²) in [6.07, 6.45) is 1.48. The SMILES string of the molecule is O=C(CCNC(=O)c1ccco1)NC(COc1ccccc1F)c1ccccc1. The Morgan fingerprint density at radius 2 is 1.76 bits per heavy atom. The van der Waals surface area contributed by atoms with Crippen LogP contribution < -0.4 is 15.4 Å². The normalized spacial score (nSPS) is 11.5. The second-order valence-corrected chi connectivity index (χ2v) is 6.26. The molecule has 0 aliphatic heterocycles. The highest BCUT2D eigenvalue weighted by Gasteiger charge is 2.17. The summed E-state index contributed by atoms with van der Waals surface area (Å²) >= 11 is 0. The van der Waals surface area contributed by atoms with Crippen molar-refractivity contribution in [2.24, 2.45) is 0 Å². The first-order chi connectivity index (χ1) is 14.1. The summed E-state index contributed by atoms with van der Waals surface area (Å²) in [6, 6.07) is 18.1. The lowest BCUT2D eigenvalue weighted by Gasteiger charge is -2.20. The van der Waals surface area contributed by atoms with Crippen LogP contribution in [0, 0.1) is 5.82 Å². The van der Waals surface area contributed by atoms with Crippen molar-refractivity contribution >= 4 is 11.8 Å². The lowest BCUT2D eigenvalue weighted by molar-refractivity contribution is -0.121. The summed E-state index contributed by atoms with van der Waals surface area (Å²) in [4.78, 5) is 24.2. The van der Waals surface area contributed by atoms with Crippen LogP contribution in [0.4, 0.5) is 4.39 Å². The minimum atomic E-state index is -0.468. The van der Waals surface area contributed by atoms with E-state index in [1.54, 1.807) is 24.3 Å². The largest absolute Gasteiger partial charge is 0.488 e. The van der Waals surface area contributed by atoms with Crippen molar-refractivity contribution in [1.82, 2.24) is 10.6 Å². The third kappa shape index (κ3) is 5.93. The maximum absolute atomic E-state index is 13.8. The number of halogens is 1. The van der Waals surface area contributed by atoms with Crippen LogP contribution >= 0.6 is 0 Å². The van der Waals surface area contributed by atoms with Gasteiger partial charge in [-0.2, -0.15) is 0 Å². The van der Waals surface area contributed by atoms with Gasteiger partial charge in [0.25, 0.3) is 5.91 Å². The summed E-state index contributed by atoms with van der Waals surface area (Å²) in [5, 5.41) is 5.49. The van der Waals surface area contributed by atoms with E-state index in [2.05, 4.69) is 10.6 Å². The fraction of sp³-hybridized carbons (Fsp3) is 0.182. The molecule has 150 valence electrons. The second kappa shape index (κ2) is 10.1. The smallest absolute Gasteiger partial charge is 0.286 e. The van der Waals surface area contributed by atoms with Gasteiger partial charge < -0.3 is 19.8 Å². The molecule has 3 aromatic rings. The maximum atomic E-state index is 13.8. The molecule has 6 nitrogen and oxygen atoms in total. The van der Waals surface area contributed by atoms with Gasteiger partial charge in [0.05, 0.1) is 12.3 Å². The second-order valence-electron chi connectivity index (χ2n) is 6.26. The van der Waals surface area contributed by atoms with Crippen molar-refractivity contribution in [3.63, 3.8) is 0 Å². The Morgan fingerprint density at radius 1 is 1.00 bits per heavy atom. The molecule has 1 heterocycles. The van der Waals surface area contributed by atoms with E-state index in [0.717, 1.165) is 5.56 Å². The highest BCUT2D eigenvalue weighted by atomic mass is 19.1. The fourth-order valence-corrected chi connectivity index (χ4v) is 2.69. The zero-order valence-electron chi connectivity index (χ0n) is 15.6. The van der Waals surface area contributed by atoms with Gasteiger partial charge in [0.2, 0.25) is 5.91 Å². The highest BCUT2D eigenvalue weighted by Crippen LogP contribution is 2.19. The number of benzene rings is 2. The van der Waals surface area contributed by atoms with Crippen LogP contribution in [0.5, 0.6) is 5.75 Å². The lowest BCUT2D eigenvalue weighted by atomic mass is 10.1. The minimum absolute atomic E-state index is 0.0649. The molecule has 0 aliphatic carbocycles. The number of rotatable bonds is 9. The molecule has 2 amide bonds. The number of nitrogens with one attached hydrogen (secondary N) is 2. The Hall–Kier alpha value is -3.61. The molecule has 0 spiro atoms. The average Bonchev–Trinajstić information content (AvgIpc) is 3.28. The van der Waals surface area contributed by atoms with Gasteiger partial charge in [0.1, 0.15) is 6.61 Å². The number of hydrogen-bond acceptors (Lipinski definition) is 4. The van der Waals surface area contributed by atoms with Crippen molar-refractivity contribution in [3.05, 3.63) is 90.1 Å². The number of para-hydroxylation sites is 1. The van der Waals surface area contributed by atoms with E-state index in [0.29, 0.717) is 0 Å². The van der Waals surface area contributed by atoms with E-state index in [1.165, 1.54) is 18.4 Å². The number of carbonyl (C=O) groups excluding carboxylic acids is 2. The molecule has 1 atom stereocenters. The summed E-state index contributed by atoms with van der Waals surface area (Å²) in [5.41, 5.74) is 0.830. The Morgan fingerprint density at radius 3 is 2.48 bits per heavy atom. The van der Waals surface area contributed by atoms with E-state index in [4.69, 9.17) is 9.15 Å². The molecule has 0 radical (unpaired) electrons. The van der Waals surface area contributed by atoms with Crippen LogP contribution in [0.25, 0.3) is 0 Å². The molecule has 1 unspecified atom stereocenters. The van der Waals surface area contributed by atoms with Gasteiger partial charge in [-0.05, 0) is 29.8 Å². The maximum Gasteiger partial charge on any atom is 0.286 e. The third-order valence-corrected chi connectivity index (χ3v) is 4.16. The number of ether oxygens (including phenoxy) is 1. The van der Waals surface area contributed by atoms with E-state index >= 15 is 0 Å². The molecule has 1 aromatic heterocycles. The summed E-state index contributed by atoms with van der Waals surface area (Å²) in [7, 11) is 0. The van der Waals surface area contributed by atoms with Gasteiger partial charge in [0, 0.05) is 13.0 Å². The molecule has 0 saturated heterocycles. The third-order valence-electron chi connectivity index (χ3n) is 4.16. The summed E-state index contributed by atoms with van der Waals surface area (Å²) in [5.74, 6) is -0.813. The van der Waals surface area contributed by atoms with Crippen molar-refractivity contribution < 1.29 is 23.1 Å². The van der Waals surface area contributed by atoms with Crippen LogP contribution in [0.3, 0.4) is 0 Å². The van der Waals surface area contributed by atoms with E-state index in [1.807, 2.05) is 30.3 Å². The standard InChI is InChI=1S/C22H21FN2O4/c23-17-9-4-5-10-19(17)29-15-18(16-7-2-1-3-8-16)25-21(26)12-13-24-22(27)20-11-6-14-28-20/h1-11,14,18H,12-13,15H2,(H,24,27)(H,25,26). The minimum Gasteiger partial charge on any atom is -0.488 e. The van der Waals surface area contributed by atoms with E-state index in [-0.39, 0.29) is 42.9 Å². The van der Waals surface area contributed by atoms with E-state index < -0.39 is 11.9 Å². The monoisotopic (exact) mass is 396 g/mol. The number of amides is 2. The van der Waals surface area contributed by atoms with Gasteiger partial charge in [0.15, 0.2) is 17.3 Å². The molecule has 7 heteroatoms. The molecule has 2 N–H and O–H groups in total.